The number of nitrogens with zero attached hydrogens (tertiary/aromatic N) is 2. The third-order valence-electron chi connectivity index (χ3n) is 5.14. The van der Waals surface area contributed by atoms with Gasteiger partial charge in [-0.25, -0.2) is 0 Å². The number of carbonyl (C=O) groups excluding carboxylic acids is 1. The van der Waals surface area contributed by atoms with Crippen molar-refractivity contribution in [1.82, 2.24) is 9.47 Å². The van der Waals surface area contributed by atoms with Crippen molar-refractivity contribution in [3.05, 3.63) is 76.1 Å². The van der Waals surface area contributed by atoms with Crippen LogP contribution in [0.2, 0.25) is 0 Å². The van der Waals surface area contributed by atoms with Crippen LogP contribution in [0, 0.1) is 0 Å². The number of nitrogens with one attached hydrogen (secondary N) is 1. The number of carbonyl (C=O) groups is 1. The van der Waals surface area contributed by atoms with Crippen LogP contribution in [-0.2, 0) is 18.3 Å². The molecule has 0 unspecified atom stereocenters. The second-order valence-corrected chi connectivity index (χ2v) is 6.98. The van der Waals surface area contributed by atoms with Crippen molar-refractivity contribution >= 4 is 22.5 Å². The van der Waals surface area contributed by atoms with Crippen LogP contribution in [0.1, 0.15) is 15.9 Å². The Morgan fingerprint density at radius 3 is 2.61 bits per heavy atom. The predicted molar refractivity (Wildman–Crippen MR) is 110 cm³/mol. The highest BCUT2D eigenvalue weighted by molar-refractivity contribution is 6.06. The zero-order valence-electron chi connectivity index (χ0n) is 15.9. The first-order valence-electron chi connectivity index (χ1n) is 9.41. The Balaban J connectivity index is 1.62. The minimum atomic E-state index is -0.388. The Hall–Kier alpha value is -2.96. The summed E-state index contributed by atoms with van der Waals surface area (Å²) in [7, 11) is 1.69. The molecule has 0 saturated carbocycles. The third kappa shape index (κ3) is 3.69. The molecular weight excluding hydrogens is 354 g/mol. The highest BCUT2D eigenvalue weighted by Crippen LogP contribution is 2.19. The maximum absolute atomic E-state index is 12.9. The first kappa shape index (κ1) is 18.4. The third-order valence-corrected chi connectivity index (χ3v) is 5.14. The molecule has 6 nitrogen and oxygen atoms in total. The van der Waals surface area contributed by atoms with E-state index in [0.29, 0.717) is 0 Å². The summed E-state index contributed by atoms with van der Waals surface area (Å²) in [5, 5.41) is 3.80. The number of aromatic nitrogens is 1. The van der Waals surface area contributed by atoms with Crippen molar-refractivity contribution in [2.75, 3.05) is 31.6 Å². The maximum atomic E-state index is 12.9. The van der Waals surface area contributed by atoms with Crippen molar-refractivity contribution < 1.29 is 9.53 Å². The van der Waals surface area contributed by atoms with Crippen LogP contribution < -0.4 is 10.9 Å². The molecule has 0 atom stereocenters. The fraction of sp³-hybridized carbons (Fsp3) is 0.273. The lowest BCUT2D eigenvalue weighted by atomic mass is 10.1. The summed E-state index contributed by atoms with van der Waals surface area (Å²) in [5.74, 6) is -0.388. The van der Waals surface area contributed by atoms with Gasteiger partial charge in [0.1, 0.15) is 5.56 Å². The molecule has 28 heavy (non-hydrogen) atoms. The van der Waals surface area contributed by atoms with Crippen molar-refractivity contribution in [2.24, 2.45) is 7.05 Å². The largest absolute Gasteiger partial charge is 0.379 e. The fourth-order valence-corrected chi connectivity index (χ4v) is 3.55. The number of rotatable bonds is 4. The van der Waals surface area contributed by atoms with Gasteiger partial charge < -0.3 is 14.6 Å². The van der Waals surface area contributed by atoms with Gasteiger partial charge in [0.05, 0.1) is 18.7 Å². The Bertz CT molecular complexity index is 1070. The van der Waals surface area contributed by atoms with Gasteiger partial charge in [-0.1, -0.05) is 36.4 Å². The number of hydrogen-bond acceptors (Lipinski definition) is 4. The van der Waals surface area contributed by atoms with Crippen molar-refractivity contribution in [1.29, 1.82) is 0 Å². The van der Waals surface area contributed by atoms with Gasteiger partial charge in [0, 0.05) is 32.4 Å². The molecule has 1 aromatic heterocycles. The summed E-state index contributed by atoms with van der Waals surface area (Å²) >= 11 is 0. The summed E-state index contributed by atoms with van der Waals surface area (Å²) < 4.78 is 6.92. The lowest BCUT2D eigenvalue weighted by Crippen LogP contribution is -2.36. The zero-order chi connectivity index (χ0) is 19.5. The number of aryl methyl sites for hydroxylation is 1. The van der Waals surface area contributed by atoms with E-state index in [0.717, 1.165) is 55.0 Å². The Morgan fingerprint density at radius 2 is 1.79 bits per heavy atom. The van der Waals surface area contributed by atoms with E-state index in [2.05, 4.69) is 10.2 Å². The first-order chi connectivity index (χ1) is 13.6. The number of hydrogen-bond donors (Lipinski definition) is 1. The first-order valence-corrected chi connectivity index (χ1v) is 9.41. The monoisotopic (exact) mass is 377 g/mol. The number of amides is 1. The van der Waals surface area contributed by atoms with Crippen LogP contribution in [0.25, 0.3) is 10.9 Å². The normalized spacial score (nSPS) is 14.9. The van der Waals surface area contributed by atoms with Crippen LogP contribution in [0.3, 0.4) is 0 Å². The second-order valence-electron chi connectivity index (χ2n) is 6.98. The molecule has 0 radical (unpaired) electrons. The molecule has 1 aliphatic rings. The molecule has 0 bridgehead atoms. The maximum Gasteiger partial charge on any atom is 0.263 e. The smallest absolute Gasteiger partial charge is 0.263 e. The van der Waals surface area contributed by atoms with Gasteiger partial charge in [-0.15, -0.1) is 0 Å². The molecule has 2 aromatic carbocycles. The average Bonchev–Trinajstić information content (AvgIpc) is 2.73. The number of para-hydroxylation sites is 2. The van der Waals surface area contributed by atoms with Gasteiger partial charge in [0.15, 0.2) is 0 Å². The zero-order valence-corrected chi connectivity index (χ0v) is 15.9. The number of morpholine rings is 1. The topological polar surface area (TPSA) is 63.6 Å². The van der Waals surface area contributed by atoms with Crippen LogP contribution in [0.4, 0.5) is 5.69 Å². The molecule has 2 heterocycles. The molecule has 4 rings (SSSR count). The molecule has 1 aliphatic heterocycles. The quantitative estimate of drug-likeness (QED) is 0.759. The summed E-state index contributed by atoms with van der Waals surface area (Å²) in [6, 6.07) is 16.9. The SMILES string of the molecule is Cn1c(=O)c(C(=O)Nc2ccccc2CN2CCOCC2)cc2ccccc21. The van der Waals surface area contributed by atoms with Gasteiger partial charge in [-0.3, -0.25) is 14.5 Å². The highest BCUT2D eigenvalue weighted by Gasteiger charge is 2.17. The molecule has 3 aromatic rings. The Kier molecular flexibility index (Phi) is 5.23. The lowest BCUT2D eigenvalue weighted by molar-refractivity contribution is 0.0342. The van der Waals surface area contributed by atoms with Crippen molar-refractivity contribution in [2.45, 2.75) is 6.54 Å². The van der Waals surface area contributed by atoms with Gasteiger partial charge in [-0.2, -0.15) is 0 Å². The van der Waals surface area contributed by atoms with E-state index in [1.54, 1.807) is 13.1 Å². The molecule has 1 N–H and O–H groups in total. The standard InChI is InChI=1S/C22H23N3O3/c1-24-20-9-5-3-6-16(20)14-18(22(24)27)21(26)23-19-8-4-2-7-17(19)15-25-10-12-28-13-11-25/h2-9,14H,10-13,15H2,1H3,(H,23,26). The lowest BCUT2D eigenvalue weighted by Gasteiger charge is -2.27. The molecule has 1 saturated heterocycles. The Morgan fingerprint density at radius 1 is 1.07 bits per heavy atom. The van der Waals surface area contributed by atoms with E-state index in [9.17, 15) is 9.59 Å². The number of fused-ring (bicyclic) bond motifs is 1. The minimum Gasteiger partial charge on any atom is -0.379 e. The number of benzene rings is 2. The number of anilines is 1. The van der Waals surface area contributed by atoms with Crippen LogP contribution >= 0.6 is 0 Å². The van der Waals surface area contributed by atoms with Gasteiger partial charge >= 0.3 is 0 Å². The minimum absolute atomic E-state index is 0.141. The van der Waals surface area contributed by atoms with Gasteiger partial charge in [0.25, 0.3) is 11.5 Å². The fourth-order valence-electron chi connectivity index (χ4n) is 3.55. The molecule has 6 heteroatoms. The summed E-state index contributed by atoms with van der Waals surface area (Å²) in [4.78, 5) is 27.9. The second kappa shape index (κ2) is 7.96. The number of ether oxygens (including phenoxy) is 1. The van der Waals surface area contributed by atoms with Crippen molar-refractivity contribution in [3.8, 4) is 0 Å². The average molecular weight is 377 g/mol. The van der Waals surface area contributed by atoms with E-state index >= 15 is 0 Å². The summed E-state index contributed by atoms with van der Waals surface area (Å²) in [6.45, 7) is 3.92. The van der Waals surface area contributed by atoms with Crippen molar-refractivity contribution in [3.63, 3.8) is 0 Å². The van der Waals surface area contributed by atoms with E-state index in [1.807, 2.05) is 48.5 Å². The van der Waals surface area contributed by atoms with Crippen LogP contribution in [0.15, 0.2) is 59.4 Å². The van der Waals surface area contributed by atoms with Crippen LogP contribution in [0.5, 0.6) is 0 Å². The van der Waals surface area contributed by atoms with E-state index in [4.69, 9.17) is 4.74 Å². The molecule has 0 spiro atoms. The number of pyridine rings is 1. The van der Waals surface area contributed by atoms with Gasteiger partial charge in [-0.05, 0) is 29.1 Å². The Labute approximate surface area is 163 Å². The molecule has 0 aliphatic carbocycles. The summed E-state index contributed by atoms with van der Waals surface area (Å²) in [5.41, 5.74) is 2.39. The summed E-state index contributed by atoms with van der Waals surface area (Å²) in [6.07, 6.45) is 0. The van der Waals surface area contributed by atoms with E-state index < -0.39 is 0 Å². The highest BCUT2D eigenvalue weighted by atomic mass is 16.5. The molecule has 1 fully saturated rings. The van der Waals surface area contributed by atoms with E-state index in [1.165, 1.54) is 4.57 Å². The molecule has 144 valence electrons. The molecular formula is C22H23N3O3. The van der Waals surface area contributed by atoms with Crippen LogP contribution in [-0.4, -0.2) is 41.7 Å². The van der Waals surface area contributed by atoms with E-state index in [-0.39, 0.29) is 17.0 Å². The predicted octanol–water partition coefficient (Wildman–Crippen LogP) is 2.62. The molecule has 1 amide bonds. The van der Waals surface area contributed by atoms with Gasteiger partial charge in [0.2, 0.25) is 0 Å².